The van der Waals surface area contributed by atoms with Crippen molar-refractivity contribution in [2.45, 2.75) is 12.8 Å². The maximum Gasteiger partial charge on any atom is 0.338 e. The van der Waals surface area contributed by atoms with Gasteiger partial charge < -0.3 is 9.47 Å². The Morgan fingerprint density at radius 2 is 2.27 bits per heavy atom. The zero-order valence-corrected chi connectivity index (χ0v) is 9.03. The molecule has 82 valence electrons. The Labute approximate surface area is 89.2 Å². The number of carbonyl (C=O) groups excluding carboxylic acids is 1. The van der Waals surface area contributed by atoms with Gasteiger partial charge in [0.25, 0.3) is 0 Å². The Bertz CT molecular complexity index is 325. The predicted molar refractivity (Wildman–Crippen MR) is 55.8 cm³/mol. The van der Waals surface area contributed by atoms with Crippen molar-refractivity contribution in [2.24, 2.45) is 0 Å². The first-order valence-corrected chi connectivity index (χ1v) is 4.79. The highest BCUT2D eigenvalue weighted by Gasteiger charge is 2.10. The number of esters is 1. The summed E-state index contributed by atoms with van der Waals surface area (Å²) in [6.07, 6.45) is 4.92. The quantitative estimate of drug-likeness (QED) is 0.544. The van der Waals surface area contributed by atoms with E-state index in [-0.39, 0.29) is 5.97 Å². The second kappa shape index (κ2) is 6.14. The smallest absolute Gasteiger partial charge is 0.338 e. The number of rotatable bonds is 5. The molecule has 0 unspecified atom stereocenters. The summed E-state index contributed by atoms with van der Waals surface area (Å²) in [7, 11) is 3.03. The number of aromatic nitrogens is 1. The molecule has 1 aromatic rings. The first-order chi connectivity index (χ1) is 7.29. The minimum atomic E-state index is -0.315. The molecule has 1 rings (SSSR count). The molecule has 1 aromatic heterocycles. The molecule has 0 aliphatic carbocycles. The lowest BCUT2D eigenvalue weighted by atomic mass is 10.1. The molecule has 0 fully saturated rings. The Kier molecular flexibility index (Phi) is 4.77. The van der Waals surface area contributed by atoms with Crippen molar-refractivity contribution in [3.8, 4) is 0 Å². The second-order valence-electron chi connectivity index (χ2n) is 3.12. The van der Waals surface area contributed by atoms with Crippen LogP contribution < -0.4 is 0 Å². The molecule has 0 amide bonds. The molecule has 4 nitrogen and oxygen atoms in total. The van der Waals surface area contributed by atoms with Crippen LogP contribution in [0.3, 0.4) is 0 Å². The van der Waals surface area contributed by atoms with Crippen LogP contribution in [-0.2, 0) is 15.9 Å². The minimum absolute atomic E-state index is 0.315. The minimum Gasteiger partial charge on any atom is -0.465 e. The fourth-order valence-corrected chi connectivity index (χ4v) is 1.34. The first-order valence-electron chi connectivity index (χ1n) is 4.79. The summed E-state index contributed by atoms with van der Waals surface area (Å²) < 4.78 is 9.64. The largest absolute Gasteiger partial charge is 0.465 e. The van der Waals surface area contributed by atoms with Crippen LogP contribution in [0.15, 0.2) is 18.5 Å². The number of nitrogens with zero attached hydrogens (tertiary/aromatic N) is 1. The summed E-state index contributed by atoms with van der Waals surface area (Å²) in [5.74, 6) is -0.315. The van der Waals surface area contributed by atoms with Gasteiger partial charge in [0.1, 0.15) is 0 Å². The lowest BCUT2D eigenvalue weighted by molar-refractivity contribution is 0.0599. The summed E-state index contributed by atoms with van der Waals surface area (Å²) in [5.41, 5.74) is 1.49. The molecule has 1 heterocycles. The number of carbonyl (C=O) groups is 1. The van der Waals surface area contributed by atoms with Crippen molar-refractivity contribution in [2.75, 3.05) is 20.8 Å². The molecule has 15 heavy (non-hydrogen) atoms. The second-order valence-corrected chi connectivity index (χ2v) is 3.12. The maximum absolute atomic E-state index is 11.4. The molecule has 0 aliphatic rings. The first kappa shape index (κ1) is 11.7. The fourth-order valence-electron chi connectivity index (χ4n) is 1.34. The highest BCUT2D eigenvalue weighted by Crippen LogP contribution is 2.10. The van der Waals surface area contributed by atoms with Gasteiger partial charge in [0.2, 0.25) is 0 Å². The van der Waals surface area contributed by atoms with Crippen molar-refractivity contribution in [3.05, 3.63) is 29.6 Å². The Balaban J connectivity index is 2.73. The molecule has 0 bridgehead atoms. The molecule has 0 saturated carbocycles. The monoisotopic (exact) mass is 209 g/mol. The molecule has 4 heteroatoms. The van der Waals surface area contributed by atoms with Crippen LogP contribution in [0.5, 0.6) is 0 Å². The van der Waals surface area contributed by atoms with Gasteiger partial charge in [0.15, 0.2) is 0 Å². The van der Waals surface area contributed by atoms with Crippen molar-refractivity contribution in [1.29, 1.82) is 0 Å². The van der Waals surface area contributed by atoms with E-state index in [1.165, 1.54) is 7.11 Å². The molecule has 0 atom stereocenters. The van der Waals surface area contributed by atoms with Crippen LogP contribution in [-0.4, -0.2) is 31.8 Å². The van der Waals surface area contributed by atoms with E-state index < -0.39 is 0 Å². The van der Waals surface area contributed by atoms with E-state index in [9.17, 15) is 4.79 Å². The summed E-state index contributed by atoms with van der Waals surface area (Å²) >= 11 is 0. The third-order valence-corrected chi connectivity index (χ3v) is 2.10. The van der Waals surface area contributed by atoms with E-state index in [0.29, 0.717) is 12.2 Å². The number of methoxy groups -OCH3 is 2. The van der Waals surface area contributed by atoms with Crippen LogP contribution in [0, 0.1) is 0 Å². The van der Waals surface area contributed by atoms with E-state index in [4.69, 9.17) is 4.74 Å². The highest BCUT2D eigenvalue weighted by molar-refractivity contribution is 5.90. The maximum atomic E-state index is 11.4. The van der Waals surface area contributed by atoms with Gasteiger partial charge in [-0.05, 0) is 24.5 Å². The zero-order chi connectivity index (χ0) is 11.1. The standard InChI is InChI=1S/C11H15NO3/c1-14-7-3-4-9-8-12-6-5-10(9)11(13)15-2/h5-6,8H,3-4,7H2,1-2H3. The van der Waals surface area contributed by atoms with Gasteiger partial charge in [-0.15, -0.1) is 0 Å². The molecular formula is C11H15NO3. The van der Waals surface area contributed by atoms with Crippen LogP contribution in [0.4, 0.5) is 0 Å². The molecular weight excluding hydrogens is 194 g/mol. The molecule has 0 saturated heterocycles. The van der Waals surface area contributed by atoms with Gasteiger partial charge in [0, 0.05) is 26.1 Å². The van der Waals surface area contributed by atoms with Gasteiger partial charge >= 0.3 is 5.97 Å². The Hall–Kier alpha value is -1.42. The third kappa shape index (κ3) is 3.32. The molecule has 0 aromatic carbocycles. The van der Waals surface area contributed by atoms with Gasteiger partial charge in [-0.25, -0.2) is 4.79 Å². The van der Waals surface area contributed by atoms with Crippen LogP contribution in [0.25, 0.3) is 0 Å². The van der Waals surface area contributed by atoms with Gasteiger partial charge in [-0.1, -0.05) is 0 Å². The Morgan fingerprint density at radius 1 is 1.47 bits per heavy atom. The van der Waals surface area contributed by atoms with Crippen molar-refractivity contribution in [1.82, 2.24) is 4.98 Å². The topological polar surface area (TPSA) is 48.4 Å². The number of ether oxygens (including phenoxy) is 2. The van der Waals surface area contributed by atoms with Gasteiger partial charge in [-0.2, -0.15) is 0 Å². The van der Waals surface area contributed by atoms with E-state index in [1.54, 1.807) is 25.6 Å². The molecule has 0 N–H and O–H groups in total. The molecule has 0 aliphatic heterocycles. The van der Waals surface area contributed by atoms with Crippen molar-refractivity contribution < 1.29 is 14.3 Å². The van der Waals surface area contributed by atoms with Crippen LogP contribution >= 0.6 is 0 Å². The highest BCUT2D eigenvalue weighted by atomic mass is 16.5. The summed E-state index contributed by atoms with van der Waals surface area (Å²) in [6.45, 7) is 0.676. The Morgan fingerprint density at radius 3 is 2.93 bits per heavy atom. The fraction of sp³-hybridized carbons (Fsp3) is 0.455. The summed E-state index contributed by atoms with van der Waals surface area (Å²) in [4.78, 5) is 15.4. The van der Waals surface area contributed by atoms with Gasteiger partial charge in [0.05, 0.1) is 12.7 Å². The van der Waals surface area contributed by atoms with Crippen molar-refractivity contribution in [3.63, 3.8) is 0 Å². The van der Waals surface area contributed by atoms with Crippen molar-refractivity contribution >= 4 is 5.97 Å². The van der Waals surface area contributed by atoms with E-state index >= 15 is 0 Å². The predicted octanol–water partition coefficient (Wildman–Crippen LogP) is 1.45. The average molecular weight is 209 g/mol. The third-order valence-electron chi connectivity index (χ3n) is 2.10. The number of pyridine rings is 1. The number of hydrogen-bond donors (Lipinski definition) is 0. The molecule has 0 spiro atoms. The summed E-state index contributed by atoms with van der Waals surface area (Å²) in [6, 6.07) is 1.67. The van der Waals surface area contributed by atoms with E-state index in [1.807, 2.05) is 0 Å². The average Bonchev–Trinajstić information content (AvgIpc) is 2.29. The van der Waals surface area contributed by atoms with Gasteiger partial charge in [-0.3, -0.25) is 4.98 Å². The molecule has 0 radical (unpaired) electrons. The van der Waals surface area contributed by atoms with Crippen LogP contribution in [0.2, 0.25) is 0 Å². The van der Waals surface area contributed by atoms with E-state index in [2.05, 4.69) is 9.72 Å². The lowest BCUT2D eigenvalue weighted by Crippen LogP contribution is -2.07. The lowest BCUT2D eigenvalue weighted by Gasteiger charge is -2.06. The van der Waals surface area contributed by atoms with E-state index in [0.717, 1.165) is 18.4 Å². The van der Waals surface area contributed by atoms with Crippen LogP contribution in [0.1, 0.15) is 22.3 Å². The zero-order valence-electron chi connectivity index (χ0n) is 9.03. The number of hydrogen-bond acceptors (Lipinski definition) is 4. The summed E-state index contributed by atoms with van der Waals surface area (Å²) in [5, 5.41) is 0. The SMILES string of the molecule is COCCCc1cnccc1C(=O)OC. The normalized spacial score (nSPS) is 10.0. The number of aryl methyl sites for hydroxylation is 1.